The normalized spacial score (nSPS) is 9.88. The molecule has 1 aromatic rings. The summed E-state index contributed by atoms with van der Waals surface area (Å²) in [5, 5.41) is 0. The number of methoxy groups -OCH3 is 1. The first kappa shape index (κ1) is 12.0. The van der Waals surface area contributed by atoms with Gasteiger partial charge < -0.3 is 4.74 Å². The molecule has 0 bridgehead atoms. The van der Waals surface area contributed by atoms with Crippen LogP contribution in [0.3, 0.4) is 0 Å². The third kappa shape index (κ3) is 2.47. The molecule has 0 spiro atoms. The van der Waals surface area contributed by atoms with Gasteiger partial charge in [0.05, 0.1) is 13.7 Å². The Balaban J connectivity index is 3.03. The highest BCUT2D eigenvalue weighted by atomic mass is 16.5. The van der Waals surface area contributed by atoms with Crippen molar-refractivity contribution < 1.29 is 9.53 Å². The van der Waals surface area contributed by atoms with Gasteiger partial charge in [-0.1, -0.05) is 6.58 Å². The van der Waals surface area contributed by atoms with Crippen LogP contribution in [0.2, 0.25) is 0 Å². The van der Waals surface area contributed by atoms with Crippen molar-refractivity contribution in [1.82, 2.24) is 9.55 Å². The third-order valence-electron chi connectivity index (χ3n) is 2.02. The number of H-pyrrole nitrogens is 1. The molecule has 16 heavy (non-hydrogen) atoms. The van der Waals surface area contributed by atoms with Crippen molar-refractivity contribution in [2.75, 3.05) is 7.11 Å². The number of hydrogen-bond acceptors (Lipinski definition) is 4. The first-order chi connectivity index (χ1) is 7.45. The van der Waals surface area contributed by atoms with E-state index in [4.69, 9.17) is 0 Å². The zero-order valence-electron chi connectivity index (χ0n) is 9.07. The van der Waals surface area contributed by atoms with Crippen LogP contribution in [0.4, 0.5) is 0 Å². The zero-order chi connectivity index (χ0) is 12.3. The molecule has 0 aliphatic carbocycles. The Morgan fingerprint density at radius 1 is 1.56 bits per heavy atom. The van der Waals surface area contributed by atoms with Crippen molar-refractivity contribution in [2.24, 2.45) is 0 Å². The van der Waals surface area contributed by atoms with Gasteiger partial charge >= 0.3 is 11.7 Å². The summed E-state index contributed by atoms with van der Waals surface area (Å²) in [7, 11) is 1.23. The van der Waals surface area contributed by atoms with Crippen LogP contribution in [0.15, 0.2) is 27.9 Å². The third-order valence-corrected chi connectivity index (χ3v) is 2.02. The number of esters is 1. The van der Waals surface area contributed by atoms with Crippen molar-refractivity contribution in [1.29, 1.82) is 0 Å². The highest BCUT2D eigenvalue weighted by Crippen LogP contribution is 1.97. The summed E-state index contributed by atoms with van der Waals surface area (Å²) < 4.78 is 5.64. The maximum atomic E-state index is 11.4. The molecule has 1 aromatic heterocycles. The molecule has 0 saturated heterocycles. The van der Waals surface area contributed by atoms with E-state index in [0.717, 1.165) is 0 Å². The van der Waals surface area contributed by atoms with Crippen LogP contribution in [-0.4, -0.2) is 22.6 Å². The first-order valence-corrected chi connectivity index (χ1v) is 4.52. The van der Waals surface area contributed by atoms with E-state index in [-0.39, 0.29) is 12.1 Å². The summed E-state index contributed by atoms with van der Waals surface area (Å²) in [6.45, 7) is 5.04. The average molecular weight is 224 g/mol. The molecule has 86 valence electrons. The minimum absolute atomic E-state index is 0.0108. The molecule has 6 heteroatoms. The summed E-state index contributed by atoms with van der Waals surface area (Å²) in [6, 6.07) is 0. The van der Waals surface area contributed by atoms with E-state index in [0.29, 0.717) is 5.56 Å². The lowest BCUT2D eigenvalue weighted by Gasteiger charge is -2.06. The number of rotatable bonds is 3. The van der Waals surface area contributed by atoms with E-state index >= 15 is 0 Å². The minimum Gasteiger partial charge on any atom is -0.466 e. The van der Waals surface area contributed by atoms with Crippen LogP contribution in [0, 0.1) is 6.92 Å². The summed E-state index contributed by atoms with van der Waals surface area (Å²) in [5.41, 5.74) is -0.501. The van der Waals surface area contributed by atoms with E-state index in [1.54, 1.807) is 6.92 Å². The maximum Gasteiger partial charge on any atom is 0.334 e. The van der Waals surface area contributed by atoms with Gasteiger partial charge in [0.15, 0.2) is 0 Å². The Morgan fingerprint density at radius 2 is 2.19 bits per heavy atom. The van der Waals surface area contributed by atoms with Crippen LogP contribution in [0.25, 0.3) is 0 Å². The smallest absolute Gasteiger partial charge is 0.334 e. The Hall–Kier alpha value is -2.11. The number of carbonyl (C=O) groups is 1. The monoisotopic (exact) mass is 224 g/mol. The van der Waals surface area contributed by atoms with Crippen LogP contribution in [0.1, 0.15) is 5.56 Å². The van der Waals surface area contributed by atoms with Crippen LogP contribution < -0.4 is 11.2 Å². The summed E-state index contributed by atoms with van der Waals surface area (Å²) in [5.74, 6) is -0.587. The number of carbonyl (C=O) groups excluding carboxylic acids is 1. The number of nitrogens with one attached hydrogen (secondary N) is 1. The Labute approximate surface area is 91.2 Å². The molecule has 1 rings (SSSR count). The van der Waals surface area contributed by atoms with Crippen molar-refractivity contribution in [2.45, 2.75) is 13.5 Å². The molecule has 0 radical (unpaired) electrons. The molecule has 1 N–H and O–H groups in total. The number of ether oxygens (including phenoxy) is 1. The molecule has 0 fully saturated rings. The predicted molar refractivity (Wildman–Crippen MR) is 57.2 cm³/mol. The molecule has 0 aromatic carbocycles. The predicted octanol–water partition coefficient (Wildman–Crippen LogP) is -0.426. The summed E-state index contributed by atoms with van der Waals surface area (Å²) in [4.78, 5) is 35.6. The lowest BCUT2D eigenvalue weighted by atomic mass is 10.3. The molecular formula is C10H12N2O4. The molecule has 1 heterocycles. The quantitative estimate of drug-likeness (QED) is 0.558. The van der Waals surface area contributed by atoms with Crippen molar-refractivity contribution in [3.05, 3.63) is 44.8 Å². The SMILES string of the molecule is C=C(Cn1cc(C)c(=O)[nH]c1=O)C(=O)OC. The molecule has 0 aliphatic rings. The topological polar surface area (TPSA) is 81.2 Å². The highest BCUT2D eigenvalue weighted by molar-refractivity contribution is 5.87. The molecule has 0 saturated carbocycles. The number of hydrogen-bond donors (Lipinski definition) is 1. The average Bonchev–Trinajstić information content (AvgIpc) is 2.24. The largest absolute Gasteiger partial charge is 0.466 e. The molecule has 6 nitrogen and oxygen atoms in total. The van der Waals surface area contributed by atoms with E-state index in [2.05, 4.69) is 16.3 Å². The van der Waals surface area contributed by atoms with Crippen molar-refractivity contribution in [3.63, 3.8) is 0 Å². The van der Waals surface area contributed by atoms with Gasteiger partial charge in [0.2, 0.25) is 0 Å². The number of nitrogens with zero attached hydrogens (tertiary/aromatic N) is 1. The summed E-state index contributed by atoms with van der Waals surface area (Å²) >= 11 is 0. The zero-order valence-corrected chi connectivity index (χ0v) is 9.07. The maximum absolute atomic E-state index is 11.4. The number of aromatic nitrogens is 2. The van der Waals surface area contributed by atoms with Gasteiger partial charge in [-0.05, 0) is 6.92 Å². The fraction of sp³-hybridized carbons (Fsp3) is 0.300. The van der Waals surface area contributed by atoms with E-state index in [1.807, 2.05) is 0 Å². The lowest BCUT2D eigenvalue weighted by molar-refractivity contribution is -0.136. The Bertz CT molecular complexity index is 538. The molecule has 0 aliphatic heterocycles. The first-order valence-electron chi connectivity index (χ1n) is 4.52. The van der Waals surface area contributed by atoms with Gasteiger partial charge in [0.1, 0.15) is 0 Å². The van der Waals surface area contributed by atoms with Crippen molar-refractivity contribution in [3.8, 4) is 0 Å². The van der Waals surface area contributed by atoms with Gasteiger partial charge in [-0.25, -0.2) is 9.59 Å². The highest BCUT2D eigenvalue weighted by Gasteiger charge is 2.09. The van der Waals surface area contributed by atoms with Crippen LogP contribution in [0.5, 0.6) is 0 Å². The number of aromatic amines is 1. The summed E-state index contributed by atoms with van der Waals surface area (Å²) in [6.07, 6.45) is 1.37. The van der Waals surface area contributed by atoms with Crippen LogP contribution >= 0.6 is 0 Å². The molecular weight excluding hydrogens is 212 g/mol. The van der Waals surface area contributed by atoms with E-state index in [9.17, 15) is 14.4 Å². The Morgan fingerprint density at radius 3 is 2.75 bits per heavy atom. The fourth-order valence-electron chi connectivity index (χ4n) is 1.15. The second-order valence-electron chi connectivity index (χ2n) is 3.29. The Kier molecular flexibility index (Phi) is 3.44. The fourth-order valence-corrected chi connectivity index (χ4v) is 1.15. The molecule has 0 unspecified atom stereocenters. The van der Waals surface area contributed by atoms with E-state index < -0.39 is 17.2 Å². The van der Waals surface area contributed by atoms with Crippen molar-refractivity contribution >= 4 is 5.97 Å². The van der Waals surface area contributed by atoms with E-state index in [1.165, 1.54) is 17.9 Å². The lowest BCUT2D eigenvalue weighted by Crippen LogP contribution is -2.31. The second-order valence-corrected chi connectivity index (χ2v) is 3.29. The standard InChI is InChI=1S/C10H12N2O4/c1-6-4-12(10(15)11-8(6)13)5-7(2)9(14)16-3/h4H,2,5H2,1,3H3,(H,11,13,15). The molecule has 0 amide bonds. The van der Waals surface area contributed by atoms with Gasteiger partial charge in [-0.3, -0.25) is 14.3 Å². The second kappa shape index (κ2) is 4.61. The molecule has 0 atom stereocenters. The van der Waals surface area contributed by atoms with Gasteiger partial charge in [-0.15, -0.1) is 0 Å². The minimum atomic E-state index is -0.587. The van der Waals surface area contributed by atoms with Gasteiger partial charge in [-0.2, -0.15) is 0 Å². The van der Waals surface area contributed by atoms with Gasteiger partial charge in [0, 0.05) is 17.3 Å². The number of aryl methyl sites for hydroxylation is 1. The van der Waals surface area contributed by atoms with Crippen LogP contribution in [-0.2, 0) is 16.1 Å². The van der Waals surface area contributed by atoms with Gasteiger partial charge in [0.25, 0.3) is 5.56 Å².